The van der Waals surface area contributed by atoms with Crippen LogP contribution in [-0.2, 0) is 28.8 Å². The lowest BCUT2D eigenvalue weighted by molar-refractivity contribution is -0.144. The van der Waals surface area contributed by atoms with E-state index in [4.69, 9.17) is 11.5 Å². The standard InChI is InChI=1S/C22H36N8O6/c23-22(24)26-11-5-7-14-17(33)20(35)25-10-4-2-1-3-9-16(32)29-18(27-13-31)21(36)30-12-6-8-15(30)19(34)28-14/h13-15,18H,1-12H2,(H,25,35)(H,27,31)(H,28,34)(H,29,32)(H4,23,24,26)/t14-,15-,18-/m0/s1. The van der Waals surface area contributed by atoms with Gasteiger partial charge in [0.05, 0.1) is 6.04 Å². The third-order valence-corrected chi connectivity index (χ3v) is 6.04. The molecule has 0 radical (unpaired) electrons. The Labute approximate surface area is 209 Å². The van der Waals surface area contributed by atoms with E-state index in [1.165, 1.54) is 4.90 Å². The maximum absolute atomic E-state index is 13.1. The molecule has 2 saturated heterocycles. The molecule has 0 aliphatic carbocycles. The highest BCUT2D eigenvalue weighted by Crippen LogP contribution is 2.19. The molecule has 0 saturated carbocycles. The molecule has 2 aliphatic heterocycles. The molecule has 0 spiro atoms. The van der Waals surface area contributed by atoms with Crippen molar-refractivity contribution in [2.45, 2.75) is 76.0 Å². The maximum Gasteiger partial charge on any atom is 0.289 e. The Morgan fingerprint density at radius 1 is 1.06 bits per heavy atom. The number of fused-ring (bicyclic) bond motifs is 1. The Balaban J connectivity index is 2.23. The van der Waals surface area contributed by atoms with Crippen molar-refractivity contribution in [1.82, 2.24) is 26.2 Å². The molecule has 2 heterocycles. The molecule has 0 aromatic heterocycles. The normalized spacial score (nSPS) is 24.9. The zero-order chi connectivity index (χ0) is 26.5. The summed E-state index contributed by atoms with van der Waals surface area (Å²) in [4.78, 5) is 80.1. The van der Waals surface area contributed by atoms with Crippen molar-refractivity contribution in [3.05, 3.63) is 0 Å². The van der Waals surface area contributed by atoms with Crippen molar-refractivity contribution in [3.8, 4) is 0 Å². The summed E-state index contributed by atoms with van der Waals surface area (Å²) in [6.45, 7) is 0.714. The fourth-order valence-corrected chi connectivity index (χ4v) is 4.20. The Hall–Kier alpha value is -3.71. The predicted octanol–water partition coefficient (Wildman–Crippen LogP) is -2.65. The number of guanidine groups is 1. The fraction of sp³-hybridized carbons (Fsp3) is 0.682. The van der Waals surface area contributed by atoms with Gasteiger partial charge in [-0.3, -0.25) is 33.8 Å². The number of hydrogen-bond acceptors (Lipinski definition) is 7. The zero-order valence-corrected chi connectivity index (χ0v) is 20.3. The van der Waals surface area contributed by atoms with Crippen LogP contribution in [0.25, 0.3) is 0 Å². The minimum Gasteiger partial charge on any atom is -0.370 e. The third kappa shape index (κ3) is 8.82. The van der Waals surface area contributed by atoms with E-state index in [-0.39, 0.29) is 38.4 Å². The van der Waals surface area contributed by atoms with Gasteiger partial charge in [0.15, 0.2) is 12.1 Å². The molecular formula is C22H36N8O6. The molecule has 8 N–H and O–H groups in total. The number of amides is 5. The van der Waals surface area contributed by atoms with Crippen molar-refractivity contribution in [1.29, 1.82) is 0 Å². The number of Topliss-reactive ketones (excluding diaryl/α,β-unsaturated/α-hetero) is 1. The second-order valence-electron chi connectivity index (χ2n) is 8.77. The van der Waals surface area contributed by atoms with Crippen LogP contribution in [0.15, 0.2) is 4.99 Å². The lowest BCUT2D eigenvalue weighted by Crippen LogP contribution is -2.59. The summed E-state index contributed by atoms with van der Waals surface area (Å²) in [6.07, 6.45) is 2.98. The van der Waals surface area contributed by atoms with Crippen molar-refractivity contribution in [2.75, 3.05) is 19.6 Å². The minimum atomic E-state index is -1.31. The molecule has 0 aromatic rings. The molecule has 0 bridgehead atoms. The first-order chi connectivity index (χ1) is 17.2. The second-order valence-corrected chi connectivity index (χ2v) is 8.77. The molecule has 200 valence electrons. The summed E-state index contributed by atoms with van der Waals surface area (Å²) in [7, 11) is 0. The summed E-state index contributed by atoms with van der Waals surface area (Å²) < 4.78 is 0. The van der Waals surface area contributed by atoms with Gasteiger partial charge in [0.1, 0.15) is 6.04 Å². The maximum atomic E-state index is 13.1. The van der Waals surface area contributed by atoms with Gasteiger partial charge in [-0.05, 0) is 38.5 Å². The van der Waals surface area contributed by atoms with Gasteiger partial charge in [0.2, 0.25) is 24.0 Å². The fourth-order valence-electron chi connectivity index (χ4n) is 4.20. The number of carbonyl (C=O) groups is 6. The molecule has 3 atom stereocenters. The molecule has 0 aromatic carbocycles. The SMILES string of the molecule is NC(N)=NCCC[C@@H]1NC(=O)[C@@H]2CCCN2C(=O)[C@@H](NC=O)NC(=O)CCCCCCNC(=O)C1=O. The van der Waals surface area contributed by atoms with Crippen LogP contribution in [-0.4, -0.2) is 84.6 Å². The van der Waals surface area contributed by atoms with E-state index in [0.717, 1.165) is 0 Å². The van der Waals surface area contributed by atoms with Crippen LogP contribution in [0.3, 0.4) is 0 Å². The number of carbonyl (C=O) groups excluding carboxylic acids is 6. The summed E-state index contributed by atoms with van der Waals surface area (Å²) in [5, 5.41) is 10.0. The Morgan fingerprint density at radius 2 is 1.81 bits per heavy atom. The highest BCUT2D eigenvalue weighted by atomic mass is 16.2. The molecule has 2 rings (SSSR count). The van der Waals surface area contributed by atoms with Crippen LogP contribution in [0.2, 0.25) is 0 Å². The Morgan fingerprint density at radius 3 is 2.53 bits per heavy atom. The van der Waals surface area contributed by atoms with Crippen LogP contribution >= 0.6 is 0 Å². The Kier molecular flexibility index (Phi) is 11.6. The third-order valence-electron chi connectivity index (χ3n) is 6.04. The van der Waals surface area contributed by atoms with Gasteiger partial charge in [0.25, 0.3) is 11.8 Å². The van der Waals surface area contributed by atoms with Crippen LogP contribution in [0.5, 0.6) is 0 Å². The Bertz CT molecular complexity index is 859. The molecule has 36 heavy (non-hydrogen) atoms. The first kappa shape index (κ1) is 28.5. The number of rotatable bonds is 6. The van der Waals surface area contributed by atoms with E-state index >= 15 is 0 Å². The first-order valence-electron chi connectivity index (χ1n) is 12.2. The van der Waals surface area contributed by atoms with Crippen molar-refractivity contribution in [2.24, 2.45) is 16.5 Å². The number of ketones is 1. The highest BCUT2D eigenvalue weighted by molar-refractivity contribution is 6.38. The van der Waals surface area contributed by atoms with Crippen molar-refractivity contribution < 1.29 is 28.8 Å². The van der Waals surface area contributed by atoms with Crippen molar-refractivity contribution >= 4 is 41.8 Å². The minimum absolute atomic E-state index is 0.112. The highest BCUT2D eigenvalue weighted by Gasteiger charge is 2.39. The quantitative estimate of drug-likeness (QED) is 0.0730. The molecule has 2 fully saturated rings. The molecule has 2 aliphatic rings. The zero-order valence-electron chi connectivity index (χ0n) is 20.3. The summed E-state index contributed by atoms with van der Waals surface area (Å²) in [5.41, 5.74) is 10.6. The molecular weight excluding hydrogens is 472 g/mol. The molecule has 14 heteroatoms. The van der Waals surface area contributed by atoms with Gasteiger partial charge in [-0.25, -0.2) is 0 Å². The largest absolute Gasteiger partial charge is 0.370 e. The monoisotopic (exact) mass is 508 g/mol. The van der Waals surface area contributed by atoms with E-state index in [2.05, 4.69) is 26.3 Å². The van der Waals surface area contributed by atoms with E-state index in [1.54, 1.807) is 0 Å². The first-order valence-corrected chi connectivity index (χ1v) is 12.2. The summed E-state index contributed by atoms with van der Waals surface area (Å²) in [5.74, 6) is -3.36. The van der Waals surface area contributed by atoms with Crippen LogP contribution < -0.4 is 32.7 Å². The van der Waals surface area contributed by atoms with Crippen LogP contribution in [0, 0.1) is 0 Å². The number of nitrogens with one attached hydrogen (secondary N) is 4. The lowest BCUT2D eigenvalue weighted by Gasteiger charge is -2.29. The van der Waals surface area contributed by atoms with Crippen LogP contribution in [0.4, 0.5) is 0 Å². The molecule has 14 nitrogen and oxygen atoms in total. The van der Waals surface area contributed by atoms with Gasteiger partial charge >= 0.3 is 0 Å². The lowest BCUT2D eigenvalue weighted by atomic mass is 10.0. The van der Waals surface area contributed by atoms with E-state index in [1.807, 2.05) is 0 Å². The molecule has 0 unspecified atom stereocenters. The summed E-state index contributed by atoms with van der Waals surface area (Å²) in [6, 6.07) is -2.06. The number of hydrogen-bond donors (Lipinski definition) is 6. The average molecular weight is 509 g/mol. The van der Waals surface area contributed by atoms with Gasteiger partial charge < -0.3 is 37.6 Å². The van der Waals surface area contributed by atoms with Crippen LogP contribution in [0.1, 0.15) is 57.8 Å². The van der Waals surface area contributed by atoms with Gasteiger partial charge in [0, 0.05) is 26.1 Å². The van der Waals surface area contributed by atoms with E-state index < -0.39 is 47.7 Å². The van der Waals surface area contributed by atoms with Crippen molar-refractivity contribution in [3.63, 3.8) is 0 Å². The summed E-state index contributed by atoms with van der Waals surface area (Å²) >= 11 is 0. The second kappa shape index (κ2) is 14.6. The average Bonchev–Trinajstić information content (AvgIpc) is 3.33. The number of nitrogens with zero attached hydrogens (tertiary/aromatic N) is 2. The predicted molar refractivity (Wildman–Crippen MR) is 129 cm³/mol. The van der Waals surface area contributed by atoms with E-state index in [0.29, 0.717) is 51.4 Å². The van der Waals surface area contributed by atoms with Gasteiger partial charge in [-0.2, -0.15) is 0 Å². The number of nitrogens with two attached hydrogens (primary N) is 2. The van der Waals surface area contributed by atoms with Gasteiger partial charge in [-0.15, -0.1) is 0 Å². The smallest absolute Gasteiger partial charge is 0.289 e. The molecule has 5 amide bonds. The van der Waals surface area contributed by atoms with Gasteiger partial charge in [-0.1, -0.05) is 12.8 Å². The van der Waals surface area contributed by atoms with E-state index in [9.17, 15) is 28.8 Å². The topological polar surface area (TPSA) is 218 Å². The number of aliphatic imine (C=N–C) groups is 1.